The van der Waals surface area contributed by atoms with E-state index in [9.17, 15) is 0 Å². The summed E-state index contributed by atoms with van der Waals surface area (Å²) in [5.74, 6) is -0.824. The topological polar surface area (TPSA) is 27.7 Å². The molecule has 0 saturated heterocycles. The van der Waals surface area contributed by atoms with Gasteiger partial charge in [0.05, 0.1) is 0 Å². The summed E-state index contributed by atoms with van der Waals surface area (Å²) in [6.07, 6.45) is 8.24. The van der Waals surface area contributed by atoms with Gasteiger partial charge >= 0.3 is 0 Å². The Bertz CT molecular complexity index is 170. The first-order valence-corrected chi connectivity index (χ1v) is 7.61. The SMILES string of the molecule is C=CCCCCCC[SiH2]OC(C)(OC)OC. The lowest BCUT2D eigenvalue weighted by atomic mass is 10.1. The summed E-state index contributed by atoms with van der Waals surface area (Å²) in [6, 6.07) is 1.19. The van der Waals surface area contributed by atoms with Gasteiger partial charge in [0, 0.05) is 21.1 Å². The number of methoxy groups -OCH3 is 2. The van der Waals surface area contributed by atoms with Gasteiger partial charge in [-0.3, -0.25) is 0 Å². The van der Waals surface area contributed by atoms with Gasteiger partial charge in [0.2, 0.25) is 0 Å². The molecule has 96 valence electrons. The van der Waals surface area contributed by atoms with Crippen LogP contribution in [0.15, 0.2) is 12.7 Å². The highest BCUT2D eigenvalue weighted by atomic mass is 28.2. The highest BCUT2D eigenvalue weighted by Gasteiger charge is 2.22. The molecule has 0 aliphatic heterocycles. The van der Waals surface area contributed by atoms with Crippen LogP contribution in [-0.4, -0.2) is 30.0 Å². The van der Waals surface area contributed by atoms with E-state index in [2.05, 4.69) is 6.58 Å². The van der Waals surface area contributed by atoms with Crippen LogP contribution in [-0.2, 0) is 13.9 Å². The monoisotopic (exact) mass is 246 g/mol. The second-order valence-electron chi connectivity index (χ2n) is 3.96. The molecule has 0 radical (unpaired) electrons. The van der Waals surface area contributed by atoms with Crippen LogP contribution in [0, 0.1) is 0 Å². The van der Waals surface area contributed by atoms with Crippen molar-refractivity contribution in [3.05, 3.63) is 12.7 Å². The van der Waals surface area contributed by atoms with Gasteiger partial charge in [-0.1, -0.05) is 25.3 Å². The molecule has 0 rings (SSSR count). The lowest BCUT2D eigenvalue weighted by molar-refractivity contribution is -0.310. The van der Waals surface area contributed by atoms with Crippen molar-refractivity contribution in [3.63, 3.8) is 0 Å². The third kappa shape index (κ3) is 8.04. The number of hydrogen-bond donors (Lipinski definition) is 0. The Morgan fingerprint density at radius 1 is 1.12 bits per heavy atom. The quantitative estimate of drug-likeness (QED) is 0.243. The summed E-state index contributed by atoms with van der Waals surface area (Å²) in [6.45, 7) is 5.52. The van der Waals surface area contributed by atoms with E-state index in [1.165, 1.54) is 31.7 Å². The molecule has 4 heteroatoms. The summed E-state index contributed by atoms with van der Waals surface area (Å²) in [5.41, 5.74) is 0. The Morgan fingerprint density at radius 2 is 1.75 bits per heavy atom. The van der Waals surface area contributed by atoms with E-state index >= 15 is 0 Å². The lowest BCUT2D eigenvalue weighted by Crippen LogP contribution is -2.34. The normalized spacial score (nSPS) is 12.4. The van der Waals surface area contributed by atoms with E-state index < -0.39 is 15.7 Å². The predicted molar refractivity (Wildman–Crippen MR) is 70.1 cm³/mol. The minimum absolute atomic E-state index is 0.524. The van der Waals surface area contributed by atoms with Gasteiger partial charge in [-0.2, -0.15) is 0 Å². The van der Waals surface area contributed by atoms with Crippen LogP contribution in [0.2, 0.25) is 6.04 Å². The van der Waals surface area contributed by atoms with Crippen LogP contribution in [0.1, 0.15) is 39.0 Å². The Morgan fingerprint density at radius 3 is 2.31 bits per heavy atom. The van der Waals surface area contributed by atoms with Crippen LogP contribution < -0.4 is 0 Å². The van der Waals surface area contributed by atoms with Gasteiger partial charge in [0.15, 0.2) is 9.76 Å². The molecule has 0 aliphatic rings. The molecule has 0 saturated carbocycles. The Labute approximate surface area is 102 Å². The molecule has 16 heavy (non-hydrogen) atoms. The number of ether oxygens (including phenoxy) is 2. The van der Waals surface area contributed by atoms with Crippen LogP contribution >= 0.6 is 0 Å². The van der Waals surface area contributed by atoms with Gasteiger partial charge in [-0.25, -0.2) is 0 Å². The van der Waals surface area contributed by atoms with E-state index in [1.54, 1.807) is 14.2 Å². The van der Waals surface area contributed by atoms with E-state index in [-0.39, 0.29) is 0 Å². The van der Waals surface area contributed by atoms with Gasteiger partial charge in [-0.05, 0) is 18.9 Å². The van der Waals surface area contributed by atoms with E-state index in [0.29, 0.717) is 0 Å². The summed E-state index contributed by atoms with van der Waals surface area (Å²) in [5, 5.41) is 0. The summed E-state index contributed by atoms with van der Waals surface area (Å²) in [4.78, 5) is 0. The summed E-state index contributed by atoms with van der Waals surface area (Å²) in [7, 11) is 2.68. The molecule has 0 bridgehead atoms. The zero-order chi connectivity index (χ0) is 12.3. The number of hydrogen-bond acceptors (Lipinski definition) is 3. The molecule has 0 atom stereocenters. The van der Waals surface area contributed by atoms with Crippen molar-refractivity contribution < 1.29 is 13.9 Å². The second kappa shape index (κ2) is 10.0. The van der Waals surface area contributed by atoms with Crippen LogP contribution in [0.5, 0.6) is 0 Å². The Kier molecular flexibility index (Phi) is 9.92. The Hall–Kier alpha value is -0.163. The lowest BCUT2D eigenvalue weighted by Gasteiger charge is -2.26. The first-order valence-electron chi connectivity index (χ1n) is 6.03. The fourth-order valence-electron chi connectivity index (χ4n) is 1.38. The van der Waals surface area contributed by atoms with Gasteiger partial charge in [0.25, 0.3) is 5.97 Å². The maximum absolute atomic E-state index is 5.63. The van der Waals surface area contributed by atoms with Crippen LogP contribution in [0.4, 0.5) is 0 Å². The molecule has 0 N–H and O–H groups in total. The second-order valence-corrected chi connectivity index (χ2v) is 5.37. The fourth-order valence-corrected chi connectivity index (χ4v) is 2.69. The number of allylic oxidation sites excluding steroid dienone is 1. The molecule has 0 heterocycles. The van der Waals surface area contributed by atoms with Crippen molar-refractivity contribution in [2.75, 3.05) is 14.2 Å². The maximum atomic E-state index is 5.63. The molecule has 0 unspecified atom stereocenters. The summed E-state index contributed by atoms with van der Waals surface area (Å²) < 4.78 is 15.9. The molecule has 0 aromatic heterocycles. The molecular formula is C12H26O3Si. The number of unbranched alkanes of at least 4 members (excludes halogenated alkanes) is 4. The number of rotatable bonds is 11. The molecule has 0 amide bonds. The molecule has 0 aromatic rings. The van der Waals surface area contributed by atoms with Crippen molar-refractivity contribution >= 4 is 9.76 Å². The van der Waals surface area contributed by atoms with Gasteiger partial charge in [0.1, 0.15) is 0 Å². The van der Waals surface area contributed by atoms with Crippen molar-refractivity contribution in [2.24, 2.45) is 0 Å². The van der Waals surface area contributed by atoms with E-state index in [1.807, 2.05) is 13.0 Å². The predicted octanol–water partition coefficient (Wildman–Crippen LogP) is 2.61. The molecule has 0 aliphatic carbocycles. The maximum Gasteiger partial charge on any atom is 0.269 e. The third-order valence-corrected chi connectivity index (χ3v) is 4.18. The average molecular weight is 246 g/mol. The minimum atomic E-state index is -0.824. The van der Waals surface area contributed by atoms with Gasteiger partial charge in [-0.15, -0.1) is 6.58 Å². The van der Waals surface area contributed by atoms with Crippen LogP contribution in [0.25, 0.3) is 0 Å². The standard InChI is InChI=1S/C12H26O3Si/c1-5-6-7-8-9-10-11-16-15-12(2,13-3)14-4/h5H,1,6-11,16H2,2-4H3. The van der Waals surface area contributed by atoms with Crippen LogP contribution in [0.3, 0.4) is 0 Å². The molecular weight excluding hydrogens is 220 g/mol. The largest absolute Gasteiger partial charge is 0.376 e. The molecule has 0 fully saturated rings. The average Bonchev–Trinajstić information content (AvgIpc) is 2.32. The van der Waals surface area contributed by atoms with E-state index in [4.69, 9.17) is 13.9 Å². The highest BCUT2D eigenvalue weighted by molar-refractivity contribution is 6.27. The van der Waals surface area contributed by atoms with E-state index in [0.717, 1.165) is 6.42 Å². The molecule has 0 spiro atoms. The van der Waals surface area contributed by atoms with Crippen molar-refractivity contribution in [1.82, 2.24) is 0 Å². The van der Waals surface area contributed by atoms with Crippen molar-refractivity contribution in [2.45, 2.75) is 51.0 Å². The minimum Gasteiger partial charge on any atom is -0.376 e. The van der Waals surface area contributed by atoms with Crippen molar-refractivity contribution in [3.8, 4) is 0 Å². The molecule has 0 aromatic carbocycles. The smallest absolute Gasteiger partial charge is 0.269 e. The Balaban J connectivity index is 3.29. The zero-order valence-electron chi connectivity index (χ0n) is 11.0. The van der Waals surface area contributed by atoms with Gasteiger partial charge < -0.3 is 13.9 Å². The first kappa shape index (κ1) is 15.8. The van der Waals surface area contributed by atoms with Crippen molar-refractivity contribution in [1.29, 1.82) is 0 Å². The summed E-state index contributed by atoms with van der Waals surface area (Å²) >= 11 is 0. The zero-order valence-corrected chi connectivity index (χ0v) is 12.4. The fraction of sp³-hybridized carbons (Fsp3) is 0.833. The molecule has 3 nitrogen and oxygen atoms in total. The third-order valence-electron chi connectivity index (χ3n) is 2.66. The first-order chi connectivity index (χ1) is 7.68. The highest BCUT2D eigenvalue weighted by Crippen LogP contribution is 2.12.